The van der Waals surface area contributed by atoms with Gasteiger partial charge in [0.1, 0.15) is 0 Å². The third kappa shape index (κ3) is 6.12. The van der Waals surface area contributed by atoms with Crippen LogP contribution in [0.15, 0.2) is 47.6 Å². The highest BCUT2D eigenvalue weighted by Gasteiger charge is 2.29. The van der Waals surface area contributed by atoms with Gasteiger partial charge in [-0.15, -0.1) is 0 Å². The number of hydrogen-bond acceptors (Lipinski definition) is 5. The molecular formula is C21H29N5O2S2. The molecular weight excluding hydrogens is 418 g/mol. The minimum absolute atomic E-state index is 0.0336. The molecule has 1 aromatic heterocycles. The van der Waals surface area contributed by atoms with E-state index in [0.29, 0.717) is 16.6 Å². The van der Waals surface area contributed by atoms with Crippen molar-refractivity contribution in [1.29, 1.82) is 0 Å². The Bertz CT molecular complexity index is 949. The second-order valence-corrected chi connectivity index (χ2v) is 10.8. The van der Waals surface area contributed by atoms with Crippen molar-refractivity contribution in [2.24, 2.45) is 11.3 Å². The maximum atomic E-state index is 12.4. The number of aromatic nitrogens is 2. The number of thiocarbonyl (C=S) groups is 1. The van der Waals surface area contributed by atoms with E-state index in [0.717, 1.165) is 24.4 Å². The molecule has 3 N–H and O–H groups in total. The molecule has 0 spiro atoms. The van der Waals surface area contributed by atoms with Crippen molar-refractivity contribution in [1.82, 2.24) is 15.3 Å². The van der Waals surface area contributed by atoms with Gasteiger partial charge in [0.05, 0.1) is 4.90 Å². The summed E-state index contributed by atoms with van der Waals surface area (Å²) in [6, 6.07) is 8.40. The Morgan fingerprint density at radius 2 is 1.63 bits per heavy atom. The lowest BCUT2D eigenvalue weighted by molar-refractivity contribution is 0.166. The van der Waals surface area contributed by atoms with Crippen LogP contribution in [0.5, 0.6) is 0 Å². The first-order valence-electron chi connectivity index (χ1n) is 10.1. The molecule has 1 aromatic carbocycles. The number of nitrogens with zero attached hydrogens (tertiary/aromatic N) is 2. The van der Waals surface area contributed by atoms with E-state index in [1.807, 2.05) is 0 Å². The molecule has 0 aliphatic heterocycles. The van der Waals surface area contributed by atoms with Crippen molar-refractivity contribution in [3.05, 3.63) is 42.7 Å². The minimum Gasteiger partial charge on any atom is -0.360 e. The van der Waals surface area contributed by atoms with Crippen molar-refractivity contribution in [2.75, 3.05) is 10.0 Å². The maximum absolute atomic E-state index is 12.4. The normalized spacial score (nSPS) is 19.7. The fourth-order valence-electron chi connectivity index (χ4n) is 3.70. The van der Waals surface area contributed by atoms with E-state index in [-0.39, 0.29) is 10.8 Å². The zero-order chi connectivity index (χ0) is 21.8. The second-order valence-electron chi connectivity index (χ2n) is 8.72. The van der Waals surface area contributed by atoms with Crippen LogP contribution in [-0.2, 0) is 10.0 Å². The van der Waals surface area contributed by atoms with Crippen LogP contribution in [0, 0.1) is 11.3 Å². The van der Waals surface area contributed by atoms with E-state index in [1.54, 1.807) is 18.2 Å². The first-order chi connectivity index (χ1) is 14.1. The number of hydrogen-bond donors (Lipinski definition) is 3. The van der Waals surface area contributed by atoms with E-state index in [9.17, 15) is 8.42 Å². The molecule has 1 fully saturated rings. The molecule has 0 bridgehead atoms. The molecule has 1 aliphatic carbocycles. The molecule has 162 valence electrons. The summed E-state index contributed by atoms with van der Waals surface area (Å²) in [7, 11) is -3.75. The first kappa shape index (κ1) is 22.4. The number of sulfonamides is 1. The van der Waals surface area contributed by atoms with Crippen LogP contribution in [0.2, 0.25) is 0 Å². The molecule has 0 radical (unpaired) electrons. The quantitative estimate of drug-likeness (QED) is 0.592. The molecule has 7 nitrogen and oxygen atoms in total. The molecule has 3 rings (SSSR count). The van der Waals surface area contributed by atoms with E-state index < -0.39 is 10.0 Å². The van der Waals surface area contributed by atoms with Crippen molar-refractivity contribution in [3.63, 3.8) is 0 Å². The highest BCUT2D eigenvalue weighted by atomic mass is 32.2. The molecule has 0 amide bonds. The lowest BCUT2D eigenvalue weighted by Gasteiger charge is -2.37. The molecule has 30 heavy (non-hydrogen) atoms. The van der Waals surface area contributed by atoms with Crippen LogP contribution in [0.25, 0.3) is 0 Å². The predicted molar refractivity (Wildman–Crippen MR) is 124 cm³/mol. The van der Waals surface area contributed by atoms with Gasteiger partial charge in [0.25, 0.3) is 10.0 Å². The number of nitrogens with one attached hydrogen (secondary N) is 3. The molecule has 0 unspecified atom stereocenters. The Labute approximate surface area is 184 Å². The van der Waals surface area contributed by atoms with Gasteiger partial charge in [-0.25, -0.2) is 23.1 Å². The summed E-state index contributed by atoms with van der Waals surface area (Å²) in [6.45, 7) is 6.93. The number of rotatable bonds is 5. The van der Waals surface area contributed by atoms with Gasteiger partial charge in [-0.05, 0) is 79.6 Å². The van der Waals surface area contributed by atoms with Gasteiger partial charge in [-0.1, -0.05) is 20.8 Å². The summed E-state index contributed by atoms with van der Waals surface area (Å²) in [6.07, 6.45) is 7.56. The predicted octanol–water partition coefficient (Wildman–Crippen LogP) is 4.17. The Hall–Kier alpha value is -2.26. The fraction of sp³-hybridized carbons (Fsp3) is 0.476. The van der Waals surface area contributed by atoms with Crippen molar-refractivity contribution in [3.8, 4) is 0 Å². The largest absolute Gasteiger partial charge is 0.360 e. The molecule has 2 aromatic rings. The summed E-state index contributed by atoms with van der Waals surface area (Å²) in [5.41, 5.74) is 1.08. The Morgan fingerprint density at radius 1 is 1.03 bits per heavy atom. The highest BCUT2D eigenvalue weighted by Crippen LogP contribution is 2.37. The Balaban J connectivity index is 1.52. The SMILES string of the molecule is CC(C)(C)C1CCC(NC(=S)Nc2ccc(S(=O)(=O)Nc3ncccn3)cc2)CC1. The van der Waals surface area contributed by atoms with Crippen LogP contribution >= 0.6 is 12.2 Å². The van der Waals surface area contributed by atoms with Gasteiger partial charge < -0.3 is 10.6 Å². The maximum Gasteiger partial charge on any atom is 0.264 e. The van der Waals surface area contributed by atoms with Crippen LogP contribution < -0.4 is 15.4 Å². The molecule has 1 aliphatic rings. The van der Waals surface area contributed by atoms with Crippen molar-refractivity contribution < 1.29 is 8.42 Å². The summed E-state index contributed by atoms with van der Waals surface area (Å²) in [5, 5.41) is 7.09. The van der Waals surface area contributed by atoms with E-state index >= 15 is 0 Å². The zero-order valence-corrected chi connectivity index (χ0v) is 19.2. The van der Waals surface area contributed by atoms with Crippen LogP contribution in [0.3, 0.4) is 0 Å². The summed E-state index contributed by atoms with van der Waals surface area (Å²) in [4.78, 5) is 7.89. The van der Waals surface area contributed by atoms with E-state index in [1.165, 1.54) is 37.4 Å². The van der Waals surface area contributed by atoms with E-state index in [2.05, 4.69) is 46.1 Å². The van der Waals surface area contributed by atoms with Gasteiger partial charge >= 0.3 is 0 Å². The Morgan fingerprint density at radius 3 is 2.20 bits per heavy atom. The van der Waals surface area contributed by atoms with Crippen molar-refractivity contribution >= 4 is 39.0 Å². The number of benzene rings is 1. The lowest BCUT2D eigenvalue weighted by atomic mass is 9.71. The van der Waals surface area contributed by atoms with E-state index in [4.69, 9.17) is 12.2 Å². The van der Waals surface area contributed by atoms with Crippen molar-refractivity contribution in [2.45, 2.75) is 57.4 Å². The van der Waals surface area contributed by atoms with Gasteiger partial charge in [0.15, 0.2) is 5.11 Å². The fourth-order valence-corrected chi connectivity index (χ4v) is 4.95. The smallest absolute Gasteiger partial charge is 0.264 e. The standard InChI is InChI=1S/C21H29N5O2S2/c1-21(2,3)15-5-7-16(8-6-15)24-20(29)25-17-9-11-18(12-10-17)30(27,28)26-19-22-13-4-14-23-19/h4,9-16H,5-8H2,1-3H3,(H,22,23,26)(H2,24,25,29). The van der Waals surface area contributed by atoms with Crippen LogP contribution in [0.4, 0.5) is 11.6 Å². The van der Waals surface area contributed by atoms with Crippen LogP contribution in [0.1, 0.15) is 46.5 Å². The first-order valence-corrected chi connectivity index (χ1v) is 12.0. The second kappa shape index (κ2) is 9.26. The molecule has 9 heteroatoms. The topological polar surface area (TPSA) is 96.0 Å². The summed E-state index contributed by atoms with van der Waals surface area (Å²) in [5.74, 6) is 0.785. The number of anilines is 2. The third-order valence-electron chi connectivity index (χ3n) is 5.50. The van der Waals surface area contributed by atoms with Crippen LogP contribution in [-0.4, -0.2) is 29.5 Å². The van der Waals surface area contributed by atoms with Gasteiger partial charge in [0, 0.05) is 24.1 Å². The Kier molecular flexibility index (Phi) is 6.92. The average molecular weight is 448 g/mol. The lowest BCUT2D eigenvalue weighted by Crippen LogP contribution is -2.41. The van der Waals surface area contributed by atoms with Gasteiger partial charge in [-0.3, -0.25) is 0 Å². The molecule has 1 saturated carbocycles. The minimum atomic E-state index is -3.75. The zero-order valence-electron chi connectivity index (χ0n) is 17.6. The highest BCUT2D eigenvalue weighted by molar-refractivity contribution is 7.92. The molecule has 1 heterocycles. The molecule has 0 saturated heterocycles. The van der Waals surface area contributed by atoms with Gasteiger partial charge in [0.2, 0.25) is 5.95 Å². The summed E-state index contributed by atoms with van der Waals surface area (Å²) < 4.78 is 27.2. The van der Waals surface area contributed by atoms with Gasteiger partial charge in [-0.2, -0.15) is 0 Å². The average Bonchev–Trinajstić information content (AvgIpc) is 2.68. The summed E-state index contributed by atoms with van der Waals surface area (Å²) >= 11 is 5.44. The third-order valence-corrected chi connectivity index (χ3v) is 7.07. The monoisotopic (exact) mass is 447 g/mol. The molecule has 0 atom stereocenters.